The molecule has 0 aliphatic heterocycles. The number of hydrogen-bond donors (Lipinski definition) is 2. The highest BCUT2D eigenvalue weighted by atomic mass is 32.2. The monoisotopic (exact) mass is 259 g/mol. The maximum absolute atomic E-state index is 11.4. The minimum atomic E-state index is -3.91. The lowest BCUT2D eigenvalue weighted by atomic mass is 10.2. The van der Waals surface area contributed by atoms with Crippen LogP contribution >= 0.6 is 0 Å². The summed E-state index contributed by atoms with van der Waals surface area (Å²) in [5.74, 6) is -2.06. The van der Waals surface area contributed by atoms with Crippen molar-refractivity contribution >= 4 is 21.7 Å². The number of carboxylic acid groups (broad SMARTS) is 1. The van der Waals surface area contributed by atoms with Gasteiger partial charge in [0.05, 0.1) is 12.8 Å². The van der Waals surface area contributed by atoms with Gasteiger partial charge in [-0.3, -0.25) is 9.52 Å². The van der Waals surface area contributed by atoms with Crippen LogP contribution in [0.5, 0.6) is 5.75 Å². The molecule has 94 valence electrons. The predicted molar refractivity (Wildman–Crippen MR) is 62.8 cm³/mol. The summed E-state index contributed by atoms with van der Waals surface area (Å²) >= 11 is 0. The van der Waals surface area contributed by atoms with Crippen molar-refractivity contribution in [2.24, 2.45) is 0 Å². The van der Waals surface area contributed by atoms with Gasteiger partial charge in [0, 0.05) is 0 Å². The van der Waals surface area contributed by atoms with E-state index in [1.165, 1.54) is 7.11 Å². The molecule has 1 rings (SSSR count). The molecule has 6 nitrogen and oxygen atoms in total. The van der Waals surface area contributed by atoms with Crippen LogP contribution in [0.4, 0.5) is 5.69 Å². The molecule has 0 saturated heterocycles. The van der Waals surface area contributed by atoms with Crippen LogP contribution in [-0.4, -0.2) is 32.4 Å². The van der Waals surface area contributed by atoms with Crippen LogP contribution < -0.4 is 9.46 Å². The van der Waals surface area contributed by atoms with Crippen molar-refractivity contribution in [3.05, 3.63) is 23.8 Å². The first-order chi connectivity index (χ1) is 7.84. The van der Waals surface area contributed by atoms with Crippen LogP contribution in [0, 0.1) is 6.92 Å². The fourth-order valence-electron chi connectivity index (χ4n) is 1.27. The molecule has 0 bridgehead atoms. The van der Waals surface area contributed by atoms with Gasteiger partial charge >= 0.3 is 5.97 Å². The molecule has 0 spiro atoms. The summed E-state index contributed by atoms with van der Waals surface area (Å²) in [6, 6.07) is 4.93. The lowest BCUT2D eigenvalue weighted by Gasteiger charge is -2.11. The van der Waals surface area contributed by atoms with E-state index in [4.69, 9.17) is 9.84 Å². The fourth-order valence-corrected chi connectivity index (χ4v) is 2.16. The maximum atomic E-state index is 11.4. The quantitative estimate of drug-likeness (QED) is 0.817. The number of rotatable bonds is 5. The SMILES string of the molecule is COc1ccc(C)cc1NS(=O)(=O)CC(=O)O. The normalized spacial score (nSPS) is 10.9. The second-order valence-corrected chi connectivity index (χ2v) is 5.18. The van der Waals surface area contributed by atoms with E-state index in [0.717, 1.165) is 5.56 Å². The number of carbonyl (C=O) groups is 1. The summed E-state index contributed by atoms with van der Waals surface area (Å²) in [7, 11) is -2.51. The number of aliphatic carboxylic acids is 1. The van der Waals surface area contributed by atoms with E-state index in [1.807, 2.05) is 0 Å². The number of hydrogen-bond acceptors (Lipinski definition) is 4. The average molecular weight is 259 g/mol. The van der Waals surface area contributed by atoms with Gasteiger partial charge in [0.2, 0.25) is 10.0 Å². The van der Waals surface area contributed by atoms with Gasteiger partial charge in [-0.05, 0) is 24.6 Å². The van der Waals surface area contributed by atoms with Gasteiger partial charge in [-0.1, -0.05) is 6.07 Å². The molecule has 17 heavy (non-hydrogen) atoms. The first-order valence-corrected chi connectivity index (χ1v) is 6.36. The van der Waals surface area contributed by atoms with Gasteiger partial charge < -0.3 is 9.84 Å². The van der Waals surface area contributed by atoms with E-state index >= 15 is 0 Å². The Morgan fingerprint density at radius 3 is 2.65 bits per heavy atom. The third kappa shape index (κ3) is 3.95. The van der Waals surface area contributed by atoms with Gasteiger partial charge in [-0.15, -0.1) is 0 Å². The molecule has 0 heterocycles. The number of anilines is 1. The van der Waals surface area contributed by atoms with Crippen LogP contribution in [-0.2, 0) is 14.8 Å². The number of ether oxygens (including phenoxy) is 1. The van der Waals surface area contributed by atoms with Crippen LogP contribution in [0.3, 0.4) is 0 Å². The van der Waals surface area contributed by atoms with Crippen molar-refractivity contribution in [3.63, 3.8) is 0 Å². The third-order valence-corrected chi connectivity index (χ3v) is 3.09. The molecule has 7 heteroatoms. The lowest BCUT2D eigenvalue weighted by Crippen LogP contribution is -2.22. The minimum absolute atomic E-state index is 0.230. The number of aryl methyl sites for hydroxylation is 1. The molecule has 0 aromatic heterocycles. The first-order valence-electron chi connectivity index (χ1n) is 4.71. The molecule has 0 aliphatic rings. The van der Waals surface area contributed by atoms with Gasteiger partial charge in [-0.25, -0.2) is 8.42 Å². The summed E-state index contributed by atoms with van der Waals surface area (Å²) in [6.45, 7) is 1.79. The number of methoxy groups -OCH3 is 1. The van der Waals surface area contributed by atoms with Crippen molar-refractivity contribution in [1.82, 2.24) is 0 Å². The molecule has 0 atom stereocenters. The molecular weight excluding hydrogens is 246 g/mol. The van der Waals surface area contributed by atoms with E-state index < -0.39 is 21.7 Å². The Hall–Kier alpha value is -1.76. The predicted octanol–water partition coefficient (Wildman–Crippen LogP) is 0.830. The van der Waals surface area contributed by atoms with Crippen LogP contribution in [0.25, 0.3) is 0 Å². The fraction of sp³-hybridized carbons (Fsp3) is 0.300. The van der Waals surface area contributed by atoms with Crippen molar-refractivity contribution in [1.29, 1.82) is 0 Å². The highest BCUT2D eigenvalue weighted by Gasteiger charge is 2.17. The molecule has 0 fully saturated rings. The van der Waals surface area contributed by atoms with E-state index in [0.29, 0.717) is 5.75 Å². The number of nitrogens with one attached hydrogen (secondary N) is 1. The number of benzene rings is 1. The zero-order valence-electron chi connectivity index (χ0n) is 9.43. The zero-order chi connectivity index (χ0) is 13.1. The molecule has 1 aromatic rings. The third-order valence-electron chi connectivity index (χ3n) is 1.93. The molecular formula is C10H13NO5S. The van der Waals surface area contributed by atoms with E-state index in [1.54, 1.807) is 25.1 Å². The molecule has 2 N–H and O–H groups in total. The molecule has 0 unspecified atom stereocenters. The van der Waals surface area contributed by atoms with E-state index in [2.05, 4.69) is 4.72 Å². The van der Waals surface area contributed by atoms with Gasteiger partial charge in [-0.2, -0.15) is 0 Å². The van der Waals surface area contributed by atoms with Crippen LogP contribution in [0.1, 0.15) is 5.56 Å². The highest BCUT2D eigenvalue weighted by molar-refractivity contribution is 7.93. The number of carboxylic acids is 1. The Morgan fingerprint density at radius 1 is 1.47 bits per heavy atom. The highest BCUT2D eigenvalue weighted by Crippen LogP contribution is 2.26. The topological polar surface area (TPSA) is 92.7 Å². The Bertz CT molecular complexity index is 523. The largest absolute Gasteiger partial charge is 0.495 e. The Kier molecular flexibility index (Phi) is 3.95. The maximum Gasteiger partial charge on any atom is 0.320 e. The summed E-state index contributed by atoms with van der Waals surface area (Å²) in [4.78, 5) is 10.4. The summed E-state index contributed by atoms with van der Waals surface area (Å²) in [5.41, 5.74) is 1.06. The molecule has 1 aromatic carbocycles. The van der Waals surface area contributed by atoms with E-state index in [9.17, 15) is 13.2 Å². The zero-order valence-corrected chi connectivity index (χ0v) is 10.2. The summed E-state index contributed by atoms with van der Waals surface area (Å²) in [5, 5.41) is 8.46. The average Bonchev–Trinajstić information content (AvgIpc) is 2.14. The summed E-state index contributed by atoms with van der Waals surface area (Å²) in [6.07, 6.45) is 0. The molecule has 0 amide bonds. The minimum Gasteiger partial charge on any atom is -0.495 e. The second kappa shape index (κ2) is 5.05. The van der Waals surface area contributed by atoms with Crippen molar-refractivity contribution in [3.8, 4) is 5.75 Å². The van der Waals surface area contributed by atoms with Crippen LogP contribution in [0.15, 0.2) is 18.2 Å². The number of sulfonamides is 1. The summed E-state index contributed by atoms with van der Waals surface area (Å²) < 4.78 is 30.0. The van der Waals surface area contributed by atoms with Gasteiger partial charge in [0.1, 0.15) is 5.75 Å². The Labute approximate surface area is 99.3 Å². The second-order valence-electron chi connectivity index (χ2n) is 3.46. The van der Waals surface area contributed by atoms with Gasteiger partial charge in [0.15, 0.2) is 5.75 Å². The van der Waals surface area contributed by atoms with Crippen LogP contribution in [0.2, 0.25) is 0 Å². The van der Waals surface area contributed by atoms with Crippen molar-refractivity contribution < 1.29 is 23.1 Å². The lowest BCUT2D eigenvalue weighted by molar-refractivity contribution is -0.134. The van der Waals surface area contributed by atoms with Gasteiger partial charge in [0.25, 0.3) is 0 Å². The molecule has 0 aliphatic carbocycles. The Morgan fingerprint density at radius 2 is 2.12 bits per heavy atom. The smallest absolute Gasteiger partial charge is 0.320 e. The Balaban J connectivity index is 3.02. The van der Waals surface area contributed by atoms with Crippen molar-refractivity contribution in [2.75, 3.05) is 17.6 Å². The first kappa shape index (κ1) is 13.3. The molecule has 0 saturated carbocycles. The molecule has 0 radical (unpaired) electrons. The standard InChI is InChI=1S/C10H13NO5S/c1-7-3-4-9(16-2)8(5-7)11-17(14,15)6-10(12)13/h3-5,11H,6H2,1-2H3,(H,12,13). The van der Waals surface area contributed by atoms with Crippen molar-refractivity contribution in [2.45, 2.75) is 6.92 Å². The van der Waals surface area contributed by atoms with E-state index in [-0.39, 0.29) is 5.69 Å².